The van der Waals surface area contributed by atoms with Gasteiger partial charge in [0.05, 0.1) is 7.11 Å². The lowest BCUT2D eigenvalue weighted by molar-refractivity contribution is 0.0607. The molecule has 0 aliphatic carbocycles. The van der Waals surface area contributed by atoms with Gasteiger partial charge in [0.1, 0.15) is 10.6 Å². The number of rotatable bonds is 3. The average Bonchev–Trinajstić information content (AvgIpc) is 2.83. The predicted octanol–water partition coefficient (Wildman–Crippen LogP) is 3.56. The average molecular weight is 263 g/mol. The van der Waals surface area contributed by atoms with E-state index in [4.69, 9.17) is 4.74 Å². The highest BCUT2D eigenvalue weighted by molar-refractivity contribution is 7.47. The van der Waals surface area contributed by atoms with Gasteiger partial charge >= 0.3 is 5.97 Å². The Morgan fingerprint density at radius 1 is 1.35 bits per heavy atom. The van der Waals surface area contributed by atoms with E-state index in [2.05, 4.69) is 16.8 Å². The fourth-order valence-corrected chi connectivity index (χ4v) is 2.65. The lowest BCUT2D eigenvalue weighted by atomic mass is 10.2. The number of ether oxygens (including phenoxy) is 1. The van der Waals surface area contributed by atoms with Crippen molar-refractivity contribution in [2.75, 3.05) is 7.11 Å². The summed E-state index contributed by atoms with van der Waals surface area (Å²) in [5.41, 5.74) is 1.53. The summed E-state index contributed by atoms with van der Waals surface area (Å²) in [6, 6.07) is 11.6. The Balaban J connectivity index is 2.48. The predicted molar refractivity (Wildman–Crippen MR) is 70.5 cm³/mol. The van der Waals surface area contributed by atoms with Crippen molar-refractivity contribution in [3.8, 4) is 10.4 Å². The number of hydrogen-bond donors (Lipinski definition) is 0. The minimum absolute atomic E-state index is 0.402. The third-order valence-corrected chi connectivity index (χ3v) is 3.59. The molecule has 0 spiro atoms. The van der Waals surface area contributed by atoms with Gasteiger partial charge in [-0.05, 0) is 11.6 Å². The van der Waals surface area contributed by atoms with E-state index in [0.717, 1.165) is 10.4 Å². The summed E-state index contributed by atoms with van der Waals surface area (Å²) >= 11 is 6.00. The van der Waals surface area contributed by atoms with Crippen molar-refractivity contribution in [2.45, 2.75) is 0 Å². The molecule has 1 aromatic carbocycles. The molecule has 0 fully saturated rings. The Labute approximate surface area is 108 Å². The number of methoxy groups -OCH3 is 1. The van der Waals surface area contributed by atoms with E-state index in [-0.39, 0.29) is 0 Å². The fourth-order valence-electron chi connectivity index (χ4n) is 1.43. The maximum atomic E-state index is 11.5. The molecule has 86 valence electrons. The molecule has 0 bridgehead atoms. The van der Waals surface area contributed by atoms with Gasteiger partial charge in [0.15, 0.2) is 0 Å². The number of hydrogen-bond acceptors (Lipinski definition) is 5. The van der Waals surface area contributed by atoms with Crippen LogP contribution in [0.4, 0.5) is 5.69 Å². The molecule has 17 heavy (non-hydrogen) atoms. The highest BCUT2D eigenvalue weighted by atomic mass is 32.1. The van der Waals surface area contributed by atoms with Gasteiger partial charge < -0.3 is 4.74 Å². The van der Waals surface area contributed by atoms with Crippen molar-refractivity contribution in [3.05, 3.63) is 41.3 Å². The molecule has 0 N–H and O–H groups in total. The summed E-state index contributed by atoms with van der Waals surface area (Å²) < 4.78 is 8.37. The quantitative estimate of drug-likeness (QED) is 0.795. The number of carbonyl (C=O) groups excluding carboxylic acids is 1. The molecule has 0 amide bonds. The molecule has 1 aromatic heterocycles. The molecule has 0 aliphatic heterocycles. The van der Waals surface area contributed by atoms with E-state index in [0.29, 0.717) is 10.6 Å². The third-order valence-electron chi connectivity index (χ3n) is 2.24. The Morgan fingerprint density at radius 3 is 2.65 bits per heavy atom. The zero-order valence-electron chi connectivity index (χ0n) is 9.04. The van der Waals surface area contributed by atoms with Gasteiger partial charge in [-0.15, -0.1) is 11.3 Å². The smallest absolute Gasteiger partial charge is 0.350 e. The van der Waals surface area contributed by atoms with Crippen LogP contribution in [0.2, 0.25) is 0 Å². The van der Waals surface area contributed by atoms with E-state index in [1.54, 1.807) is 6.07 Å². The third kappa shape index (κ3) is 2.40. The van der Waals surface area contributed by atoms with E-state index in [1.165, 1.54) is 18.4 Å². The van der Waals surface area contributed by atoms with Crippen LogP contribution >= 0.6 is 11.3 Å². The summed E-state index contributed by atoms with van der Waals surface area (Å²) in [6.45, 7) is 0. The van der Waals surface area contributed by atoms with E-state index < -0.39 is 5.97 Å². The van der Waals surface area contributed by atoms with Gasteiger partial charge in [0, 0.05) is 17.3 Å². The van der Waals surface area contributed by atoms with Gasteiger partial charge in [-0.3, -0.25) is 0 Å². The summed E-state index contributed by atoms with van der Waals surface area (Å²) in [4.78, 5) is 12.9. The number of esters is 1. The number of nitrogens with zero attached hydrogens (tertiary/aromatic N) is 1. The standard InChI is InChI=1S/C12H9NO2S2/c1-15-12(14)11-9(13-16)7-10(17-11)8-5-3-2-4-6-8/h2-7H,1H3. The number of thiophene rings is 1. The van der Waals surface area contributed by atoms with E-state index in [1.807, 2.05) is 30.3 Å². The highest BCUT2D eigenvalue weighted by Crippen LogP contribution is 2.36. The van der Waals surface area contributed by atoms with Gasteiger partial charge in [0.2, 0.25) is 0 Å². The van der Waals surface area contributed by atoms with Crippen LogP contribution in [0.5, 0.6) is 0 Å². The zero-order valence-corrected chi connectivity index (χ0v) is 10.7. The summed E-state index contributed by atoms with van der Waals surface area (Å²) in [5, 5.41) is 0. The minimum atomic E-state index is -0.402. The first kappa shape index (κ1) is 11.9. The van der Waals surface area contributed by atoms with Crippen LogP contribution in [-0.2, 0) is 17.2 Å². The first-order valence-electron chi connectivity index (χ1n) is 4.87. The summed E-state index contributed by atoms with van der Waals surface area (Å²) in [5.74, 6) is -0.402. The van der Waals surface area contributed by atoms with Gasteiger partial charge in [-0.1, -0.05) is 30.3 Å². The maximum Gasteiger partial charge on any atom is 0.350 e. The SMILES string of the molecule is COC(=O)c1sc(-c2ccccc2)cc1N=S. The first-order valence-corrected chi connectivity index (χ1v) is 6.05. The van der Waals surface area contributed by atoms with Gasteiger partial charge in [0.25, 0.3) is 0 Å². The van der Waals surface area contributed by atoms with Crippen molar-refractivity contribution in [3.63, 3.8) is 0 Å². The molecule has 0 atom stereocenters. The van der Waals surface area contributed by atoms with Crippen LogP contribution in [0, 0.1) is 0 Å². The Hall–Kier alpha value is -1.59. The Bertz CT molecular complexity index is 549. The number of benzene rings is 1. The lowest BCUT2D eigenvalue weighted by Crippen LogP contribution is -1.97. The summed E-state index contributed by atoms with van der Waals surface area (Å²) in [7, 11) is 1.34. The molecule has 0 aliphatic rings. The van der Waals surface area contributed by atoms with Crippen LogP contribution < -0.4 is 0 Å². The van der Waals surface area contributed by atoms with Crippen LogP contribution in [0.15, 0.2) is 40.8 Å². The second kappa shape index (κ2) is 5.16. The molecule has 1 heterocycles. The van der Waals surface area contributed by atoms with Gasteiger partial charge in [-0.2, -0.15) is 4.36 Å². The Kier molecular flexibility index (Phi) is 3.61. The number of carbonyl (C=O) groups is 1. The van der Waals surface area contributed by atoms with Crippen LogP contribution in [0.1, 0.15) is 9.67 Å². The minimum Gasteiger partial charge on any atom is -0.465 e. The van der Waals surface area contributed by atoms with Crippen molar-refractivity contribution >= 4 is 35.4 Å². The molecular weight excluding hydrogens is 254 g/mol. The molecular formula is C12H9NO2S2. The van der Waals surface area contributed by atoms with E-state index >= 15 is 0 Å². The largest absolute Gasteiger partial charge is 0.465 e. The van der Waals surface area contributed by atoms with Crippen LogP contribution in [0.25, 0.3) is 10.4 Å². The molecule has 2 rings (SSSR count). The summed E-state index contributed by atoms with van der Waals surface area (Å²) in [6.07, 6.45) is 0. The zero-order chi connectivity index (χ0) is 12.3. The normalized spacial score (nSPS) is 9.94. The first-order chi connectivity index (χ1) is 8.26. The molecule has 0 saturated carbocycles. The molecule has 0 unspecified atom stereocenters. The fraction of sp³-hybridized carbons (Fsp3) is 0.0833. The molecule has 3 nitrogen and oxygen atoms in total. The van der Waals surface area contributed by atoms with Crippen molar-refractivity contribution in [1.29, 1.82) is 0 Å². The second-order valence-electron chi connectivity index (χ2n) is 3.27. The molecule has 5 heteroatoms. The molecule has 2 aromatic rings. The molecule has 0 saturated heterocycles. The monoisotopic (exact) mass is 263 g/mol. The lowest BCUT2D eigenvalue weighted by Gasteiger charge is -1.95. The highest BCUT2D eigenvalue weighted by Gasteiger charge is 2.17. The van der Waals surface area contributed by atoms with Crippen molar-refractivity contribution in [2.24, 2.45) is 4.36 Å². The van der Waals surface area contributed by atoms with Gasteiger partial charge in [-0.25, -0.2) is 4.79 Å². The Morgan fingerprint density at radius 2 is 2.06 bits per heavy atom. The topological polar surface area (TPSA) is 38.7 Å². The maximum absolute atomic E-state index is 11.5. The second-order valence-corrected chi connectivity index (χ2v) is 4.51. The van der Waals surface area contributed by atoms with Crippen molar-refractivity contribution in [1.82, 2.24) is 0 Å². The van der Waals surface area contributed by atoms with Crippen LogP contribution in [-0.4, -0.2) is 13.1 Å². The van der Waals surface area contributed by atoms with E-state index in [9.17, 15) is 4.79 Å². The van der Waals surface area contributed by atoms with Crippen molar-refractivity contribution < 1.29 is 9.53 Å². The molecule has 0 radical (unpaired) electrons. The van der Waals surface area contributed by atoms with Crippen LogP contribution in [0.3, 0.4) is 0 Å².